The number of carbonyl (C=O) groups is 1. The Bertz CT molecular complexity index is 1330. The van der Waals surface area contributed by atoms with Crippen LogP contribution in [-0.2, 0) is 9.53 Å². The van der Waals surface area contributed by atoms with Crippen molar-refractivity contribution in [1.82, 2.24) is 14.7 Å². The number of pyridine rings is 1. The summed E-state index contributed by atoms with van der Waals surface area (Å²) in [6.45, 7) is 4.69. The highest BCUT2D eigenvalue weighted by Crippen LogP contribution is 2.27. The van der Waals surface area contributed by atoms with E-state index < -0.39 is 11.5 Å². The Hall–Kier alpha value is -3.96. The first-order chi connectivity index (χ1) is 16.0. The number of para-hydroxylation sites is 1. The molecule has 1 saturated heterocycles. The van der Waals surface area contributed by atoms with E-state index in [1.165, 1.54) is 10.5 Å². The number of aryl methyl sites for hydroxylation is 2. The predicted octanol–water partition coefficient (Wildman–Crippen LogP) is 3.31. The number of fused-ring (bicyclic) bond motifs is 1. The number of nitriles is 1. The van der Waals surface area contributed by atoms with Gasteiger partial charge in [0, 0.05) is 19.3 Å². The Morgan fingerprint density at radius 3 is 2.82 bits per heavy atom. The topological polar surface area (TPSA) is 106 Å². The molecule has 0 saturated carbocycles. The monoisotopic (exact) mass is 444 g/mol. The quantitative estimate of drug-likeness (QED) is 0.462. The van der Waals surface area contributed by atoms with Crippen LogP contribution in [0.5, 0.6) is 11.6 Å². The first-order valence-electron chi connectivity index (χ1n) is 10.7. The summed E-state index contributed by atoms with van der Waals surface area (Å²) in [7, 11) is 0. The zero-order valence-electron chi connectivity index (χ0n) is 18.5. The van der Waals surface area contributed by atoms with E-state index in [-0.39, 0.29) is 23.1 Å². The molecule has 1 fully saturated rings. The van der Waals surface area contributed by atoms with Crippen LogP contribution in [0.3, 0.4) is 0 Å². The van der Waals surface area contributed by atoms with Gasteiger partial charge in [-0.3, -0.25) is 14.0 Å². The number of nitrogens with one attached hydrogen (secondary N) is 1. The Labute approximate surface area is 191 Å². The fraction of sp³-hybridized carbons (Fsp3) is 0.280. The van der Waals surface area contributed by atoms with Crippen LogP contribution in [-0.4, -0.2) is 34.5 Å². The molecule has 1 N–H and O–H groups in total. The van der Waals surface area contributed by atoms with E-state index in [4.69, 9.17) is 9.47 Å². The van der Waals surface area contributed by atoms with E-state index in [0.29, 0.717) is 24.5 Å². The van der Waals surface area contributed by atoms with E-state index in [1.54, 1.807) is 18.3 Å². The zero-order valence-corrected chi connectivity index (χ0v) is 18.5. The number of hydrogen-bond donors (Lipinski definition) is 1. The van der Waals surface area contributed by atoms with Crippen molar-refractivity contribution in [1.29, 1.82) is 5.26 Å². The standard InChI is InChI=1S/C25H24N4O4/c1-16-7-3-4-10-21(16)33-24-20(25(31)29-11-5-8-17(2)22(29)28-24)13-18(14-26)23(30)27-15-19-9-6-12-32-19/h3-5,7-8,10-11,13,19H,6,9,12,15H2,1-2H3,(H,27,30)/b18-13+/t19-/m1/s1. The van der Waals surface area contributed by atoms with Crippen molar-refractivity contribution in [3.05, 3.63) is 75.2 Å². The number of hydrogen-bond acceptors (Lipinski definition) is 6. The average molecular weight is 444 g/mol. The highest BCUT2D eigenvalue weighted by Gasteiger charge is 2.20. The minimum absolute atomic E-state index is 0.0187. The van der Waals surface area contributed by atoms with Gasteiger partial charge in [-0.1, -0.05) is 24.3 Å². The van der Waals surface area contributed by atoms with Crippen LogP contribution in [0.1, 0.15) is 29.5 Å². The number of nitrogens with zero attached hydrogens (tertiary/aromatic N) is 3. The summed E-state index contributed by atoms with van der Waals surface area (Å²) in [5, 5.41) is 12.4. The van der Waals surface area contributed by atoms with Crippen molar-refractivity contribution in [3.63, 3.8) is 0 Å². The predicted molar refractivity (Wildman–Crippen MR) is 123 cm³/mol. The molecular formula is C25H24N4O4. The second-order valence-electron chi connectivity index (χ2n) is 7.90. The van der Waals surface area contributed by atoms with Crippen molar-refractivity contribution >= 4 is 17.6 Å². The Kier molecular flexibility index (Phi) is 6.52. The molecule has 8 nitrogen and oxygen atoms in total. The molecule has 1 aromatic carbocycles. The van der Waals surface area contributed by atoms with Crippen molar-refractivity contribution < 1.29 is 14.3 Å². The molecule has 8 heteroatoms. The van der Waals surface area contributed by atoms with Crippen LogP contribution < -0.4 is 15.6 Å². The molecule has 1 aliphatic rings. The lowest BCUT2D eigenvalue weighted by Crippen LogP contribution is -2.32. The van der Waals surface area contributed by atoms with E-state index >= 15 is 0 Å². The van der Waals surface area contributed by atoms with E-state index in [2.05, 4.69) is 10.3 Å². The molecule has 1 aliphatic heterocycles. The second-order valence-corrected chi connectivity index (χ2v) is 7.90. The highest BCUT2D eigenvalue weighted by atomic mass is 16.5. The molecule has 3 aromatic rings. The summed E-state index contributed by atoms with van der Waals surface area (Å²) >= 11 is 0. The lowest BCUT2D eigenvalue weighted by Gasteiger charge is -2.13. The second kappa shape index (κ2) is 9.67. The minimum Gasteiger partial charge on any atom is -0.438 e. The summed E-state index contributed by atoms with van der Waals surface area (Å²) in [6, 6.07) is 12.8. The first-order valence-corrected chi connectivity index (χ1v) is 10.7. The van der Waals surface area contributed by atoms with Gasteiger partial charge in [-0.05, 0) is 56.0 Å². The summed E-state index contributed by atoms with van der Waals surface area (Å²) in [6.07, 6.45) is 4.57. The maximum Gasteiger partial charge on any atom is 0.269 e. The van der Waals surface area contributed by atoms with Gasteiger partial charge < -0.3 is 14.8 Å². The number of benzene rings is 1. The summed E-state index contributed by atoms with van der Waals surface area (Å²) < 4.78 is 12.9. The van der Waals surface area contributed by atoms with Gasteiger partial charge in [-0.15, -0.1) is 0 Å². The Morgan fingerprint density at radius 2 is 2.09 bits per heavy atom. The normalized spacial score (nSPS) is 15.9. The van der Waals surface area contributed by atoms with Gasteiger partial charge in [0.05, 0.1) is 6.10 Å². The number of amides is 1. The van der Waals surface area contributed by atoms with E-state index in [1.807, 2.05) is 44.2 Å². The maximum atomic E-state index is 13.4. The third-order valence-corrected chi connectivity index (χ3v) is 5.52. The van der Waals surface area contributed by atoms with Crippen LogP contribution in [0, 0.1) is 25.2 Å². The van der Waals surface area contributed by atoms with Crippen LogP contribution in [0.15, 0.2) is 53.0 Å². The lowest BCUT2D eigenvalue weighted by molar-refractivity contribution is -0.117. The number of rotatable bonds is 6. The van der Waals surface area contributed by atoms with Gasteiger partial charge in [0.15, 0.2) is 0 Å². The smallest absolute Gasteiger partial charge is 0.269 e. The fourth-order valence-electron chi connectivity index (χ4n) is 3.67. The van der Waals surface area contributed by atoms with Crippen molar-refractivity contribution in [2.24, 2.45) is 0 Å². The molecule has 1 amide bonds. The molecule has 168 valence electrons. The SMILES string of the molecule is Cc1ccccc1Oc1nc2c(C)cccn2c(=O)c1/C=C(\C#N)C(=O)NC[C@H]1CCCO1. The van der Waals surface area contributed by atoms with Gasteiger partial charge in [-0.25, -0.2) is 0 Å². The summed E-state index contributed by atoms with van der Waals surface area (Å²) in [5.41, 5.74) is 1.44. The van der Waals surface area contributed by atoms with Crippen LogP contribution in [0.25, 0.3) is 11.7 Å². The average Bonchev–Trinajstić information content (AvgIpc) is 3.33. The molecule has 3 heterocycles. The van der Waals surface area contributed by atoms with Crippen molar-refractivity contribution in [2.75, 3.05) is 13.2 Å². The number of aromatic nitrogens is 2. The molecule has 0 unspecified atom stereocenters. The molecule has 0 bridgehead atoms. The minimum atomic E-state index is -0.580. The molecular weight excluding hydrogens is 420 g/mol. The highest BCUT2D eigenvalue weighted by molar-refractivity contribution is 6.01. The first kappa shape index (κ1) is 22.2. The van der Waals surface area contributed by atoms with Gasteiger partial charge in [0.25, 0.3) is 11.5 Å². The van der Waals surface area contributed by atoms with Crippen LogP contribution in [0.4, 0.5) is 0 Å². The van der Waals surface area contributed by atoms with E-state index in [0.717, 1.165) is 24.0 Å². The number of carbonyl (C=O) groups excluding carboxylic acids is 1. The molecule has 2 aromatic heterocycles. The Balaban J connectivity index is 1.77. The fourth-order valence-corrected chi connectivity index (χ4v) is 3.67. The van der Waals surface area contributed by atoms with Gasteiger partial charge in [0.1, 0.15) is 28.6 Å². The maximum absolute atomic E-state index is 13.4. The largest absolute Gasteiger partial charge is 0.438 e. The summed E-state index contributed by atoms with van der Waals surface area (Å²) in [4.78, 5) is 30.6. The molecule has 33 heavy (non-hydrogen) atoms. The summed E-state index contributed by atoms with van der Waals surface area (Å²) in [5.74, 6) is -0.0230. The van der Waals surface area contributed by atoms with E-state index in [9.17, 15) is 14.9 Å². The third-order valence-electron chi connectivity index (χ3n) is 5.52. The van der Waals surface area contributed by atoms with Crippen LogP contribution >= 0.6 is 0 Å². The van der Waals surface area contributed by atoms with Gasteiger partial charge in [0.2, 0.25) is 5.88 Å². The number of ether oxygens (including phenoxy) is 2. The molecule has 0 aliphatic carbocycles. The van der Waals surface area contributed by atoms with Crippen molar-refractivity contribution in [2.45, 2.75) is 32.8 Å². The Morgan fingerprint density at radius 1 is 1.30 bits per heavy atom. The van der Waals surface area contributed by atoms with Crippen LogP contribution in [0.2, 0.25) is 0 Å². The molecule has 0 spiro atoms. The molecule has 0 radical (unpaired) electrons. The zero-order chi connectivity index (χ0) is 23.4. The molecule has 4 rings (SSSR count). The van der Waals surface area contributed by atoms with Crippen molar-refractivity contribution in [3.8, 4) is 17.7 Å². The van der Waals surface area contributed by atoms with Gasteiger partial charge in [-0.2, -0.15) is 10.2 Å². The lowest BCUT2D eigenvalue weighted by atomic mass is 10.1. The molecule has 1 atom stereocenters. The van der Waals surface area contributed by atoms with Gasteiger partial charge >= 0.3 is 0 Å². The third kappa shape index (κ3) is 4.78.